The molecule has 0 fully saturated rings. The van der Waals surface area contributed by atoms with E-state index in [2.05, 4.69) is 5.32 Å². The molecule has 1 aromatic heterocycles. The molecule has 0 aliphatic heterocycles. The number of thiophene rings is 1. The summed E-state index contributed by atoms with van der Waals surface area (Å²) < 4.78 is 4.93. The lowest BCUT2D eigenvalue weighted by Crippen LogP contribution is -2.35. The van der Waals surface area contributed by atoms with Crippen LogP contribution < -0.4 is 5.32 Å². The van der Waals surface area contributed by atoms with Crippen molar-refractivity contribution in [3.63, 3.8) is 0 Å². The van der Waals surface area contributed by atoms with Gasteiger partial charge in [0.05, 0.1) is 11.5 Å². The highest BCUT2D eigenvalue weighted by molar-refractivity contribution is 7.14. The lowest BCUT2D eigenvalue weighted by Gasteiger charge is -2.21. The number of nitrogens with one attached hydrogen (secondary N) is 1. The van der Waals surface area contributed by atoms with E-state index in [0.717, 1.165) is 29.7 Å². The Bertz CT molecular complexity index is 525. The molecule has 6 heteroatoms. The van der Waals surface area contributed by atoms with Crippen molar-refractivity contribution >= 4 is 23.2 Å². The van der Waals surface area contributed by atoms with Gasteiger partial charge in [-0.1, -0.05) is 0 Å². The minimum atomic E-state index is 0.00580. The molecular weight excluding hydrogens is 288 g/mol. The highest BCUT2D eigenvalue weighted by atomic mass is 32.1. The van der Waals surface area contributed by atoms with Gasteiger partial charge < -0.3 is 15.0 Å². The Balaban J connectivity index is 2.00. The van der Waals surface area contributed by atoms with E-state index in [1.165, 1.54) is 4.88 Å². The van der Waals surface area contributed by atoms with Gasteiger partial charge in [-0.05, 0) is 30.9 Å². The van der Waals surface area contributed by atoms with Gasteiger partial charge >= 0.3 is 0 Å². The third-order valence-corrected chi connectivity index (χ3v) is 4.90. The molecule has 0 radical (unpaired) electrons. The van der Waals surface area contributed by atoms with Gasteiger partial charge in [-0.2, -0.15) is 0 Å². The normalized spacial score (nSPS) is 17.2. The number of aryl methyl sites for hydroxylation is 1. The molecule has 1 N–H and O–H groups in total. The average molecular weight is 310 g/mol. The summed E-state index contributed by atoms with van der Waals surface area (Å²) in [6.45, 7) is 1.08. The molecule has 0 bridgehead atoms. The number of nitrogens with zero attached hydrogens (tertiary/aromatic N) is 1. The second-order valence-corrected chi connectivity index (χ2v) is 6.62. The van der Waals surface area contributed by atoms with Crippen LogP contribution in [-0.2, 0) is 22.4 Å². The fourth-order valence-corrected chi connectivity index (χ4v) is 3.72. The minimum Gasteiger partial charge on any atom is -0.383 e. The van der Waals surface area contributed by atoms with Crippen LogP contribution in [0.25, 0.3) is 0 Å². The summed E-state index contributed by atoms with van der Waals surface area (Å²) in [6, 6.07) is 1.96. The standard InChI is InChI=1S/C15H22N2O3S/c1-17(2)15(19)13-9-11-8-10(4-5-12(11)21-13)14(18)16-6-7-20-3/h9-10H,4-8H2,1-3H3,(H,16,18). The molecular formula is C15H22N2O3S. The molecule has 1 aromatic rings. The SMILES string of the molecule is COCCNC(=O)C1CCc2sc(C(=O)N(C)C)cc2C1. The molecule has 2 rings (SSSR count). The molecule has 0 saturated carbocycles. The Labute approximate surface area is 129 Å². The van der Waals surface area contributed by atoms with E-state index in [9.17, 15) is 9.59 Å². The second kappa shape index (κ2) is 7.04. The second-order valence-electron chi connectivity index (χ2n) is 5.48. The molecule has 0 spiro atoms. The minimum absolute atomic E-state index is 0.00580. The number of ether oxygens (including phenoxy) is 1. The quantitative estimate of drug-likeness (QED) is 0.835. The van der Waals surface area contributed by atoms with Crippen LogP contribution in [0.4, 0.5) is 0 Å². The average Bonchev–Trinajstić information content (AvgIpc) is 2.89. The zero-order valence-electron chi connectivity index (χ0n) is 12.8. The van der Waals surface area contributed by atoms with Crippen LogP contribution >= 0.6 is 11.3 Å². The first-order chi connectivity index (χ1) is 10.0. The first-order valence-corrected chi connectivity index (χ1v) is 7.94. The first kappa shape index (κ1) is 16.0. The summed E-state index contributed by atoms with van der Waals surface area (Å²) >= 11 is 1.56. The third-order valence-electron chi connectivity index (χ3n) is 3.68. The van der Waals surface area contributed by atoms with Gasteiger partial charge in [-0.25, -0.2) is 0 Å². The maximum atomic E-state index is 12.1. The van der Waals surface area contributed by atoms with E-state index < -0.39 is 0 Å². The van der Waals surface area contributed by atoms with Crippen LogP contribution in [0.5, 0.6) is 0 Å². The van der Waals surface area contributed by atoms with Gasteiger partial charge in [0.25, 0.3) is 5.91 Å². The fourth-order valence-electron chi connectivity index (χ4n) is 2.49. The molecule has 0 saturated heterocycles. The predicted molar refractivity (Wildman–Crippen MR) is 82.7 cm³/mol. The molecule has 0 aromatic carbocycles. The lowest BCUT2D eigenvalue weighted by atomic mass is 9.88. The van der Waals surface area contributed by atoms with E-state index in [4.69, 9.17) is 4.74 Å². The zero-order valence-corrected chi connectivity index (χ0v) is 13.6. The fraction of sp³-hybridized carbons (Fsp3) is 0.600. The van der Waals surface area contributed by atoms with E-state index in [1.54, 1.807) is 37.4 Å². The van der Waals surface area contributed by atoms with E-state index in [-0.39, 0.29) is 17.7 Å². The number of amides is 2. The molecule has 1 aliphatic rings. The van der Waals surface area contributed by atoms with Crippen molar-refractivity contribution in [1.29, 1.82) is 0 Å². The van der Waals surface area contributed by atoms with Gasteiger partial charge in [-0.3, -0.25) is 9.59 Å². The van der Waals surface area contributed by atoms with Gasteiger partial charge in [0, 0.05) is 38.5 Å². The van der Waals surface area contributed by atoms with Crippen molar-refractivity contribution in [2.45, 2.75) is 19.3 Å². The Morgan fingerprint density at radius 2 is 2.24 bits per heavy atom. The molecule has 1 atom stereocenters. The Morgan fingerprint density at radius 3 is 2.90 bits per heavy atom. The van der Waals surface area contributed by atoms with Crippen LogP contribution in [0.15, 0.2) is 6.07 Å². The van der Waals surface area contributed by atoms with Crippen LogP contribution in [0, 0.1) is 5.92 Å². The molecule has 1 heterocycles. The molecule has 2 amide bonds. The van der Waals surface area contributed by atoms with Crippen LogP contribution in [0.3, 0.4) is 0 Å². The number of hydrogen-bond acceptors (Lipinski definition) is 4. The van der Waals surface area contributed by atoms with Crippen molar-refractivity contribution in [3.05, 3.63) is 21.4 Å². The van der Waals surface area contributed by atoms with Gasteiger partial charge in [-0.15, -0.1) is 11.3 Å². The van der Waals surface area contributed by atoms with Crippen LogP contribution in [-0.4, -0.2) is 51.1 Å². The zero-order chi connectivity index (χ0) is 15.4. The number of rotatable bonds is 5. The molecule has 1 aliphatic carbocycles. The van der Waals surface area contributed by atoms with Crippen molar-refractivity contribution in [1.82, 2.24) is 10.2 Å². The number of fused-ring (bicyclic) bond motifs is 1. The van der Waals surface area contributed by atoms with E-state index in [1.807, 2.05) is 6.07 Å². The molecule has 21 heavy (non-hydrogen) atoms. The Kier molecular flexibility index (Phi) is 5.36. The summed E-state index contributed by atoms with van der Waals surface area (Å²) in [7, 11) is 5.13. The maximum Gasteiger partial charge on any atom is 0.263 e. The van der Waals surface area contributed by atoms with Crippen molar-refractivity contribution in [3.8, 4) is 0 Å². The monoisotopic (exact) mass is 310 g/mol. The summed E-state index contributed by atoms with van der Waals surface area (Å²) in [6.07, 6.45) is 2.45. The summed E-state index contributed by atoms with van der Waals surface area (Å²) in [4.78, 5) is 27.7. The van der Waals surface area contributed by atoms with Crippen molar-refractivity contribution in [2.24, 2.45) is 5.92 Å². The van der Waals surface area contributed by atoms with Crippen molar-refractivity contribution in [2.75, 3.05) is 34.4 Å². The molecule has 116 valence electrons. The summed E-state index contributed by atoms with van der Waals surface area (Å²) in [5, 5.41) is 2.90. The van der Waals surface area contributed by atoms with Gasteiger partial charge in [0.1, 0.15) is 0 Å². The van der Waals surface area contributed by atoms with E-state index >= 15 is 0 Å². The third kappa shape index (κ3) is 3.83. The predicted octanol–water partition coefficient (Wildman–Crippen LogP) is 1.32. The number of carbonyl (C=O) groups excluding carboxylic acids is 2. The highest BCUT2D eigenvalue weighted by Gasteiger charge is 2.27. The molecule has 5 nitrogen and oxygen atoms in total. The Morgan fingerprint density at radius 1 is 1.48 bits per heavy atom. The summed E-state index contributed by atoms with van der Waals surface area (Å²) in [5.41, 5.74) is 1.16. The van der Waals surface area contributed by atoms with Crippen LogP contribution in [0.1, 0.15) is 26.5 Å². The van der Waals surface area contributed by atoms with Gasteiger partial charge in [0.15, 0.2) is 0 Å². The van der Waals surface area contributed by atoms with Crippen molar-refractivity contribution < 1.29 is 14.3 Å². The number of carbonyl (C=O) groups is 2. The van der Waals surface area contributed by atoms with Crippen LogP contribution in [0.2, 0.25) is 0 Å². The lowest BCUT2D eigenvalue weighted by molar-refractivity contribution is -0.125. The number of methoxy groups -OCH3 is 1. The Hall–Kier alpha value is -1.40. The largest absolute Gasteiger partial charge is 0.383 e. The van der Waals surface area contributed by atoms with Gasteiger partial charge in [0.2, 0.25) is 5.91 Å². The van der Waals surface area contributed by atoms with E-state index in [0.29, 0.717) is 13.2 Å². The topological polar surface area (TPSA) is 58.6 Å². The first-order valence-electron chi connectivity index (χ1n) is 7.12. The summed E-state index contributed by atoms with van der Waals surface area (Å²) in [5.74, 6) is 0.131. The highest BCUT2D eigenvalue weighted by Crippen LogP contribution is 2.32. The number of hydrogen-bond donors (Lipinski definition) is 1. The maximum absolute atomic E-state index is 12.1. The molecule has 1 unspecified atom stereocenters. The smallest absolute Gasteiger partial charge is 0.263 e.